The Kier molecular flexibility index (Phi) is 7.48. The standard InChI is InChI=1S/C23H21F3N6O3S/c24-23(25,26)22-30-18(13-36-22)21(35)29-16-6-7-17-15(10-16)11-32(31-17)12-19(33)27-8-9-28-20(34)14-4-2-1-3-5-14/h2,4-7,10-11,13H,1,3,8-9,12H2,(H,27,33)(H,28,34)(H,29,35). The number of anilines is 1. The number of rotatable bonds is 8. The second kappa shape index (κ2) is 10.7. The molecule has 3 aromatic rings. The molecule has 3 amide bonds. The topological polar surface area (TPSA) is 118 Å². The van der Waals surface area contributed by atoms with Crippen LogP contribution in [0.5, 0.6) is 0 Å². The van der Waals surface area contributed by atoms with Gasteiger partial charge in [0.15, 0.2) is 5.01 Å². The number of nitrogens with zero attached hydrogens (tertiary/aromatic N) is 3. The van der Waals surface area contributed by atoms with Gasteiger partial charge >= 0.3 is 6.18 Å². The summed E-state index contributed by atoms with van der Waals surface area (Å²) in [4.78, 5) is 39.8. The molecule has 0 saturated heterocycles. The number of hydrogen-bond acceptors (Lipinski definition) is 6. The molecule has 0 fully saturated rings. The van der Waals surface area contributed by atoms with Crippen LogP contribution < -0.4 is 16.0 Å². The Balaban J connectivity index is 1.28. The van der Waals surface area contributed by atoms with Crippen LogP contribution in [0.4, 0.5) is 18.9 Å². The number of carbonyl (C=O) groups excluding carboxylic acids is 3. The van der Waals surface area contributed by atoms with Crippen LogP contribution in [-0.4, -0.2) is 45.6 Å². The van der Waals surface area contributed by atoms with Gasteiger partial charge in [-0.15, -0.1) is 11.3 Å². The van der Waals surface area contributed by atoms with Crippen LogP contribution >= 0.6 is 11.3 Å². The van der Waals surface area contributed by atoms with E-state index in [9.17, 15) is 27.6 Å². The van der Waals surface area contributed by atoms with Gasteiger partial charge < -0.3 is 16.0 Å². The summed E-state index contributed by atoms with van der Waals surface area (Å²) in [6, 6.07) is 4.76. The quantitative estimate of drug-likeness (QED) is 0.396. The molecular formula is C23H21F3N6O3S. The van der Waals surface area contributed by atoms with Gasteiger partial charge in [-0.3, -0.25) is 19.1 Å². The molecule has 3 N–H and O–H groups in total. The summed E-state index contributed by atoms with van der Waals surface area (Å²) in [5, 5.41) is 12.8. The van der Waals surface area contributed by atoms with Crippen LogP contribution in [0.25, 0.3) is 10.9 Å². The van der Waals surface area contributed by atoms with Crippen molar-refractivity contribution in [2.75, 3.05) is 18.4 Å². The lowest BCUT2D eigenvalue weighted by atomic mass is 10.1. The van der Waals surface area contributed by atoms with E-state index in [1.807, 2.05) is 12.2 Å². The third-order valence-corrected chi connectivity index (χ3v) is 5.97. The molecule has 0 unspecified atom stereocenters. The molecule has 36 heavy (non-hydrogen) atoms. The fourth-order valence-corrected chi connectivity index (χ4v) is 4.07. The second-order valence-corrected chi connectivity index (χ2v) is 8.69. The van der Waals surface area contributed by atoms with Crippen molar-refractivity contribution < 1.29 is 27.6 Å². The van der Waals surface area contributed by atoms with Crippen molar-refractivity contribution in [1.82, 2.24) is 25.4 Å². The fourth-order valence-electron chi connectivity index (χ4n) is 3.40. The van der Waals surface area contributed by atoms with Crippen molar-refractivity contribution in [1.29, 1.82) is 0 Å². The number of amides is 3. The Bertz CT molecular complexity index is 1360. The molecule has 0 radical (unpaired) electrons. The Morgan fingerprint density at radius 3 is 2.61 bits per heavy atom. The first-order chi connectivity index (χ1) is 17.2. The van der Waals surface area contributed by atoms with E-state index in [0.717, 1.165) is 18.2 Å². The van der Waals surface area contributed by atoms with Crippen LogP contribution in [0.15, 0.2) is 53.6 Å². The first-order valence-electron chi connectivity index (χ1n) is 10.9. The van der Waals surface area contributed by atoms with Crippen molar-refractivity contribution in [2.24, 2.45) is 0 Å². The average molecular weight is 519 g/mol. The number of alkyl halides is 3. The minimum Gasteiger partial charge on any atom is -0.353 e. The van der Waals surface area contributed by atoms with Crippen molar-refractivity contribution in [3.05, 3.63) is 64.3 Å². The highest BCUT2D eigenvalue weighted by atomic mass is 32.1. The first-order valence-corrected chi connectivity index (χ1v) is 11.8. The molecule has 0 bridgehead atoms. The van der Waals surface area contributed by atoms with Gasteiger partial charge in [0, 0.05) is 41.3 Å². The molecule has 0 atom stereocenters. The summed E-state index contributed by atoms with van der Waals surface area (Å²) in [7, 11) is 0. The third-order valence-electron chi connectivity index (χ3n) is 5.08. The number of thiazole rings is 1. The summed E-state index contributed by atoms with van der Waals surface area (Å²) in [6.45, 7) is 0.478. The third kappa shape index (κ3) is 6.36. The average Bonchev–Trinajstić information content (AvgIpc) is 3.49. The van der Waals surface area contributed by atoms with Crippen LogP contribution in [-0.2, 0) is 22.3 Å². The molecule has 2 heterocycles. The number of halogens is 3. The van der Waals surface area contributed by atoms with Gasteiger partial charge in [-0.05, 0) is 31.0 Å². The SMILES string of the molecule is O=C(Cn1cc2cc(NC(=O)c3csc(C(F)(F)F)n3)ccc2n1)NCCNC(=O)C1=CCCC=C1. The monoisotopic (exact) mass is 518 g/mol. The summed E-state index contributed by atoms with van der Waals surface area (Å²) >= 11 is 0.348. The number of carbonyl (C=O) groups is 3. The largest absolute Gasteiger partial charge is 0.443 e. The Hall–Kier alpha value is -4.00. The summed E-state index contributed by atoms with van der Waals surface area (Å²) in [5.41, 5.74) is 1.19. The Morgan fingerprint density at radius 2 is 1.89 bits per heavy atom. The highest BCUT2D eigenvalue weighted by Gasteiger charge is 2.35. The van der Waals surface area contributed by atoms with Gasteiger partial charge in [-0.25, -0.2) is 4.98 Å². The zero-order valence-corrected chi connectivity index (χ0v) is 19.6. The molecule has 0 saturated carbocycles. The van der Waals surface area contributed by atoms with Crippen molar-refractivity contribution in [3.8, 4) is 0 Å². The zero-order valence-electron chi connectivity index (χ0n) is 18.8. The highest BCUT2D eigenvalue weighted by Crippen LogP contribution is 2.31. The van der Waals surface area contributed by atoms with Crippen molar-refractivity contribution >= 4 is 45.6 Å². The van der Waals surface area contributed by atoms with Gasteiger partial charge in [-0.2, -0.15) is 18.3 Å². The first kappa shape index (κ1) is 25.1. The maximum atomic E-state index is 12.7. The van der Waals surface area contributed by atoms with E-state index in [1.165, 1.54) is 4.68 Å². The highest BCUT2D eigenvalue weighted by molar-refractivity contribution is 7.10. The maximum Gasteiger partial charge on any atom is 0.443 e. The number of fused-ring (bicyclic) bond motifs is 1. The van der Waals surface area contributed by atoms with Gasteiger partial charge in [-0.1, -0.05) is 18.2 Å². The van der Waals surface area contributed by atoms with Crippen molar-refractivity contribution in [2.45, 2.75) is 25.6 Å². The minimum atomic E-state index is -4.61. The Labute approximate surface area is 207 Å². The fraction of sp³-hybridized carbons (Fsp3) is 0.261. The summed E-state index contributed by atoms with van der Waals surface area (Å²) in [6.07, 6.45) is 4.34. The van der Waals surface area contributed by atoms with Crippen LogP contribution in [0.3, 0.4) is 0 Å². The molecule has 188 valence electrons. The normalized spacial score (nSPS) is 13.4. The molecule has 4 rings (SSSR count). The van der Waals surface area contributed by atoms with E-state index in [0.29, 0.717) is 33.5 Å². The lowest BCUT2D eigenvalue weighted by Gasteiger charge is -2.09. The maximum absolute atomic E-state index is 12.7. The minimum absolute atomic E-state index is 0.0583. The zero-order chi connectivity index (χ0) is 25.7. The number of allylic oxidation sites excluding steroid dienone is 2. The van der Waals surface area contributed by atoms with E-state index in [1.54, 1.807) is 30.5 Å². The molecule has 0 aliphatic heterocycles. The van der Waals surface area contributed by atoms with E-state index in [-0.39, 0.29) is 37.1 Å². The van der Waals surface area contributed by atoms with E-state index in [4.69, 9.17) is 0 Å². The van der Waals surface area contributed by atoms with Crippen molar-refractivity contribution in [3.63, 3.8) is 0 Å². The van der Waals surface area contributed by atoms with Crippen LogP contribution in [0.1, 0.15) is 28.3 Å². The van der Waals surface area contributed by atoms with E-state index < -0.39 is 17.1 Å². The van der Waals surface area contributed by atoms with E-state index in [2.05, 4.69) is 26.0 Å². The molecule has 9 nitrogen and oxygen atoms in total. The van der Waals surface area contributed by atoms with Gasteiger partial charge in [0.1, 0.15) is 12.2 Å². The summed E-state index contributed by atoms with van der Waals surface area (Å²) in [5.74, 6) is -1.25. The number of benzene rings is 1. The number of aromatic nitrogens is 3. The van der Waals surface area contributed by atoms with Gasteiger partial charge in [0.25, 0.3) is 11.8 Å². The molecule has 2 aromatic heterocycles. The number of hydrogen-bond donors (Lipinski definition) is 3. The molecule has 1 aliphatic carbocycles. The van der Waals surface area contributed by atoms with Gasteiger partial charge in [0.05, 0.1) is 5.52 Å². The molecular weight excluding hydrogens is 497 g/mol. The predicted molar refractivity (Wildman–Crippen MR) is 127 cm³/mol. The lowest BCUT2D eigenvalue weighted by Crippen LogP contribution is -2.36. The molecule has 1 aromatic carbocycles. The molecule has 0 spiro atoms. The predicted octanol–water partition coefficient (Wildman–Crippen LogP) is 3.27. The summed E-state index contributed by atoms with van der Waals surface area (Å²) < 4.78 is 39.5. The van der Waals surface area contributed by atoms with E-state index >= 15 is 0 Å². The van der Waals surface area contributed by atoms with Crippen LogP contribution in [0, 0.1) is 0 Å². The Morgan fingerprint density at radius 1 is 1.08 bits per heavy atom. The lowest BCUT2D eigenvalue weighted by molar-refractivity contribution is -0.137. The number of nitrogens with one attached hydrogen (secondary N) is 3. The molecule has 13 heteroatoms. The smallest absolute Gasteiger partial charge is 0.353 e. The molecule has 1 aliphatic rings. The van der Waals surface area contributed by atoms with Crippen LogP contribution in [0.2, 0.25) is 0 Å². The second-order valence-electron chi connectivity index (χ2n) is 7.84. The van der Waals surface area contributed by atoms with Gasteiger partial charge in [0.2, 0.25) is 5.91 Å².